The summed E-state index contributed by atoms with van der Waals surface area (Å²) in [5.41, 5.74) is 0.219. The standard InChI is InChI=1S/C16H28O6/c1-16(2)9-4-3-8(5-9)10(16)7-21-15-14(20)13(19)12(18)11(6-17)22-15/h8-15,17-20H,3-7H2,1-2H3/t8-,9+,10-,11+,12+,13-,14+,15+/m0/s1. The molecule has 1 heterocycles. The molecular weight excluding hydrogens is 288 g/mol. The molecule has 4 N–H and O–H groups in total. The molecule has 2 bridgehead atoms. The van der Waals surface area contributed by atoms with Gasteiger partial charge in [-0.25, -0.2) is 0 Å². The Kier molecular flexibility index (Phi) is 4.53. The fourth-order valence-electron chi connectivity index (χ4n) is 4.72. The van der Waals surface area contributed by atoms with Gasteiger partial charge in [0.1, 0.15) is 24.4 Å². The van der Waals surface area contributed by atoms with Gasteiger partial charge < -0.3 is 29.9 Å². The molecule has 0 radical (unpaired) electrons. The molecule has 3 aliphatic rings. The van der Waals surface area contributed by atoms with Gasteiger partial charge in [-0.15, -0.1) is 0 Å². The lowest BCUT2D eigenvalue weighted by molar-refractivity contribution is -0.305. The zero-order chi connectivity index (χ0) is 16.1. The smallest absolute Gasteiger partial charge is 0.186 e. The van der Waals surface area contributed by atoms with E-state index in [9.17, 15) is 20.4 Å². The van der Waals surface area contributed by atoms with Crippen molar-refractivity contribution in [1.29, 1.82) is 0 Å². The van der Waals surface area contributed by atoms with E-state index in [0.29, 0.717) is 18.4 Å². The van der Waals surface area contributed by atoms with Crippen LogP contribution in [-0.2, 0) is 9.47 Å². The second-order valence-electron chi connectivity index (χ2n) is 7.73. The molecular formula is C16H28O6. The van der Waals surface area contributed by atoms with Gasteiger partial charge in [0.15, 0.2) is 6.29 Å². The molecule has 0 aromatic heterocycles. The first-order valence-corrected chi connectivity index (χ1v) is 8.28. The zero-order valence-electron chi connectivity index (χ0n) is 13.3. The predicted octanol–water partition coefficient (Wildman–Crippen LogP) is -0.125. The molecule has 1 saturated heterocycles. The second-order valence-corrected chi connectivity index (χ2v) is 7.73. The fourth-order valence-corrected chi connectivity index (χ4v) is 4.72. The lowest BCUT2D eigenvalue weighted by atomic mass is 9.69. The van der Waals surface area contributed by atoms with E-state index in [1.54, 1.807) is 0 Å². The third-order valence-corrected chi connectivity index (χ3v) is 6.34. The molecule has 0 amide bonds. The lowest BCUT2D eigenvalue weighted by Crippen LogP contribution is -2.59. The molecule has 3 rings (SSSR count). The van der Waals surface area contributed by atoms with E-state index in [4.69, 9.17) is 9.47 Å². The Bertz CT molecular complexity index is 398. The molecule has 1 aliphatic heterocycles. The quantitative estimate of drug-likeness (QED) is 0.577. The molecule has 0 spiro atoms. The average Bonchev–Trinajstić information content (AvgIpc) is 3.04. The Morgan fingerprint density at radius 3 is 2.41 bits per heavy atom. The van der Waals surface area contributed by atoms with Crippen LogP contribution in [0.1, 0.15) is 33.1 Å². The summed E-state index contributed by atoms with van der Waals surface area (Å²) in [7, 11) is 0. The van der Waals surface area contributed by atoms with Gasteiger partial charge in [-0.2, -0.15) is 0 Å². The van der Waals surface area contributed by atoms with Gasteiger partial charge in [0.2, 0.25) is 0 Å². The largest absolute Gasteiger partial charge is 0.394 e. The predicted molar refractivity (Wildman–Crippen MR) is 77.8 cm³/mol. The van der Waals surface area contributed by atoms with Crippen LogP contribution < -0.4 is 0 Å². The summed E-state index contributed by atoms with van der Waals surface area (Å²) in [5.74, 6) is 1.81. The van der Waals surface area contributed by atoms with Crippen LogP contribution in [0.2, 0.25) is 0 Å². The summed E-state index contributed by atoms with van der Waals surface area (Å²) in [6, 6.07) is 0. The van der Waals surface area contributed by atoms with Gasteiger partial charge in [0.05, 0.1) is 13.2 Å². The first-order valence-electron chi connectivity index (χ1n) is 8.28. The highest BCUT2D eigenvalue weighted by atomic mass is 16.7. The summed E-state index contributed by atoms with van der Waals surface area (Å²) < 4.78 is 11.2. The van der Waals surface area contributed by atoms with E-state index >= 15 is 0 Å². The van der Waals surface area contributed by atoms with E-state index < -0.39 is 37.3 Å². The van der Waals surface area contributed by atoms with Crippen LogP contribution in [0, 0.1) is 23.2 Å². The van der Waals surface area contributed by atoms with Gasteiger partial charge >= 0.3 is 0 Å². The van der Waals surface area contributed by atoms with Crippen molar-refractivity contribution in [3.8, 4) is 0 Å². The van der Waals surface area contributed by atoms with Crippen molar-refractivity contribution >= 4 is 0 Å². The minimum atomic E-state index is -1.37. The van der Waals surface area contributed by atoms with Crippen LogP contribution in [0.5, 0.6) is 0 Å². The highest BCUT2D eigenvalue weighted by molar-refractivity contribution is 5.01. The van der Waals surface area contributed by atoms with Gasteiger partial charge in [-0.3, -0.25) is 0 Å². The summed E-state index contributed by atoms with van der Waals surface area (Å²) in [4.78, 5) is 0. The zero-order valence-corrected chi connectivity index (χ0v) is 13.3. The van der Waals surface area contributed by atoms with Crippen LogP contribution >= 0.6 is 0 Å². The Hall–Kier alpha value is -0.240. The molecule has 2 aliphatic carbocycles. The number of hydrogen-bond acceptors (Lipinski definition) is 6. The van der Waals surface area contributed by atoms with Crippen molar-refractivity contribution in [2.45, 2.75) is 63.8 Å². The number of fused-ring (bicyclic) bond motifs is 2. The van der Waals surface area contributed by atoms with Gasteiger partial charge in [-0.1, -0.05) is 13.8 Å². The van der Waals surface area contributed by atoms with E-state index in [1.807, 2.05) is 0 Å². The maximum Gasteiger partial charge on any atom is 0.186 e. The molecule has 128 valence electrons. The van der Waals surface area contributed by atoms with Crippen LogP contribution in [-0.4, -0.2) is 64.3 Å². The van der Waals surface area contributed by atoms with E-state index in [2.05, 4.69) is 13.8 Å². The maximum atomic E-state index is 10.0. The molecule has 22 heavy (non-hydrogen) atoms. The minimum Gasteiger partial charge on any atom is -0.394 e. The molecule has 0 aromatic rings. The summed E-state index contributed by atoms with van der Waals surface area (Å²) in [5, 5.41) is 38.8. The molecule has 0 aromatic carbocycles. The van der Waals surface area contributed by atoms with Crippen LogP contribution in [0.3, 0.4) is 0 Å². The van der Waals surface area contributed by atoms with Crippen LogP contribution in [0.15, 0.2) is 0 Å². The molecule has 2 saturated carbocycles. The summed E-state index contributed by atoms with van der Waals surface area (Å²) >= 11 is 0. The van der Waals surface area contributed by atoms with Crippen LogP contribution in [0.4, 0.5) is 0 Å². The third-order valence-electron chi connectivity index (χ3n) is 6.34. The maximum absolute atomic E-state index is 10.0. The van der Waals surface area contributed by atoms with Gasteiger partial charge in [0.25, 0.3) is 0 Å². The number of rotatable bonds is 4. The number of aliphatic hydroxyl groups excluding tert-OH is 4. The average molecular weight is 316 g/mol. The Morgan fingerprint density at radius 1 is 1.09 bits per heavy atom. The van der Waals surface area contributed by atoms with E-state index in [1.165, 1.54) is 19.3 Å². The SMILES string of the molecule is CC1(C)[C@@H]2CC[C@@H](C2)[C@@H]1CO[C@@H]1O[C@H](CO)[C@@H](O)[C@H](O)[C@H]1O. The molecule has 6 heteroatoms. The highest BCUT2D eigenvalue weighted by Gasteiger charge is 2.53. The topological polar surface area (TPSA) is 99.4 Å². The fraction of sp³-hybridized carbons (Fsp3) is 1.00. The highest BCUT2D eigenvalue weighted by Crippen LogP contribution is 2.59. The number of ether oxygens (including phenoxy) is 2. The Balaban J connectivity index is 1.61. The molecule has 3 fully saturated rings. The monoisotopic (exact) mass is 316 g/mol. The summed E-state index contributed by atoms with van der Waals surface area (Å²) in [6.07, 6.45) is -2.16. The van der Waals surface area contributed by atoms with E-state index in [0.717, 1.165) is 5.92 Å². The first-order chi connectivity index (χ1) is 10.4. The Labute approximate surface area is 131 Å². The molecule has 0 unspecified atom stereocenters. The first kappa shape index (κ1) is 16.6. The molecule has 6 nitrogen and oxygen atoms in total. The minimum absolute atomic E-state index is 0.219. The van der Waals surface area contributed by atoms with Crippen molar-refractivity contribution in [3.05, 3.63) is 0 Å². The van der Waals surface area contributed by atoms with Gasteiger partial charge in [-0.05, 0) is 42.4 Å². The van der Waals surface area contributed by atoms with Gasteiger partial charge in [0, 0.05) is 0 Å². The second kappa shape index (κ2) is 6.00. The summed E-state index contributed by atoms with van der Waals surface area (Å²) in [6.45, 7) is 4.59. The molecule has 8 atom stereocenters. The number of aliphatic hydroxyl groups is 4. The van der Waals surface area contributed by atoms with Crippen molar-refractivity contribution in [2.75, 3.05) is 13.2 Å². The van der Waals surface area contributed by atoms with Crippen molar-refractivity contribution < 1.29 is 29.9 Å². The van der Waals surface area contributed by atoms with Crippen molar-refractivity contribution in [3.63, 3.8) is 0 Å². The lowest BCUT2D eigenvalue weighted by Gasteiger charge is -2.42. The van der Waals surface area contributed by atoms with Crippen molar-refractivity contribution in [1.82, 2.24) is 0 Å². The Morgan fingerprint density at radius 2 is 1.82 bits per heavy atom. The van der Waals surface area contributed by atoms with Crippen molar-refractivity contribution in [2.24, 2.45) is 23.2 Å². The third kappa shape index (κ3) is 2.60. The van der Waals surface area contributed by atoms with Crippen LogP contribution in [0.25, 0.3) is 0 Å². The van der Waals surface area contributed by atoms with E-state index in [-0.39, 0.29) is 5.41 Å². The number of hydrogen-bond donors (Lipinski definition) is 4. The normalized spacial score (nSPS) is 50.5.